The van der Waals surface area contributed by atoms with Crippen LogP contribution < -0.4 is 4.90 Å². The molecule has 2 aliphatic rings. The van der Waals surface area contributed by atoms with Gasteiger partial charge in [0.05, 0.1) is 6.04 Å². The van der Waals surface area contributed by atoms with Crippen LogP contribution in [0.25, 0.3) is 11.3 Å². The molecule has 1 aromatic carbocycles. The average molecular weight is 433 g/mol. The van der Waals surface area contributed by atoms with Crippen LogP contribution in [0.4, 0.5) is 5.69 Å². The summed E-state index contributed by atoms with van der Waals surface area (Å²) < 4.78 is 9.95. The molecule has 0 bridgehead atoms. The maximum atomic E-state index is 13.3. The van der Waals surface area contributed by atoms with Crippen LogP contribution in [0.15, 0.2) is 51.7 Å². The molecule has 1 amide bonds. The summed E-state index contributed by atoms with van der Waals surface area (Å²) in [5.41, 5.74) is 2.20. The normalized spacial score (nSPS) is 22.0. The van der Waals surface area contributed by atoms with Crippen molar-refractivity contribution in [2.45, 2.75) is 45.1 Å². The van der Waals surface area contributed by atoms with Gasteiger partial charge in [0.1, 0.15) is 23.6 Å². The molecule has 1 aliphatic heterocycles. The molecule has 164 valence electrons. The first-order valence-corrected chi connectivity index (χ1v) is 10.9. The molecular formula is C24H23N3O5. The minimum absolute atomic E-state index is 0.0660. The van der Waals surface area contributed by atoms with E-state index in [1.807, 2.05) is 12.1 Å². The summed E-state index contributed by atoms with van der Waals surface area (Å²) in [6.07, 6.45) is 6.41. The zero-order valence-corrected chi connectivity index (χ0v) is 17.7. The summed E-state index contributed by atoms with van der Waals surface area (Å²) in [7, 11) is 0. The lowest BCUT2D eigenvalue weighted by Gasteiger charge is -2.35. The lowest BCUT2D eigenvalue weighted by atomic mass is 9.77. The molecule has 0 radical (unpaired) electrons. The molecule has 5 rings (SSSR count). The fourth-order valence-corrected chi connectivity index (χ4v) is 5.01. The molecule has 3 aromatic rings. The topological polar surface area (TPSA) is 107 Å². The number of hydrogen-bond donors (Lipinski definition) is 0. The number of carbonyl (C=O) groups excluding carboxylic acids is 3. The lowest BCUT2D eigenvalue weighted by molar-refractivity contribution is -0.135. The van der Waals surface area contributed by atoms with E-state index >= 15 is 0 Å². The Morgan fingerprint density at radius 2 is 1.78 bits per heavy atom. The van der Waals surface area contributed by atoms with Crippen LogP contribution in [-0.2, 0) is 9.59 Å². The summed E-state index contributed by atoms with van der Waals surface area (Å²) >= 11 is 0. The average Bonchev–Trinajstić information content (AvgIpc) is 3.55. The van der Waals surface area contributed by atoms with Crippen LogP contribution in [0.2, 0.25) is 0 Å². The smallest absolute Gasteiger partial charge is 0.295 e. The van der Waals surface area contributed by atoms with Gasteiger partial charge in [-0.15, -0.1) is 0 Å². The Kier molecular flexibility index (Phi) is 5.20. The van der Waals surface area contributed by atoms with Gasteiger partial charge >= 0.3 is 0 Å². The number of rotatable bonds is 5. The quantitative estimate of drug-likeness (QED) is 0.340. The van der Waals surface area contributed by atoms with Crippen molar-refractivity contribution in [2.75, 3.05) is 4.90 Å². The number of nitrogens with zero attached hydrogens (tertiary/aromatic N) is 3. The van der Waals surface area contributed by atoms with E-state index < -0.39 is 29.4 Å². The van der Waals surface area contributed by atoms with Crippen molar-refractivity contribution in [1.29, 1.82) is 0 Å². The lowest BCUT2D eigenvalue weighted by Crippen LogP contribution is -2.44. The molecule has 1 saturated carbocycles. The van der Waals surface area contributed by atoms with E-state index in [-0.39, 0.29) is 11.6 Å². The highest BCUT2D eigenvalue weighted by Gasteiger charge is 2.54. The Balaban J connectivity index is 1.53. The van der Waals surface area contributed by atoms with Crippen LogP contribution >= 0.6 is 0 Å². The predicted octanol–water partition coefficient (Wildman–Crippen LogP) is 4.00. The van der Waals surface area contributed by atoms with E-state index in [9.17, 15) is 14.4 Å². The predicted molar refractivity (Wildman–Crippen MR) is 114 cm³/mol. The Hall–Kier alpha value is -3.55. The van der Waals surface area contributed by atoms with Crippen LogP contribution in [-0.4, -0.2) is 33.8 Å². The number of ketones is 2. The SMILES string of the molecule is Cc1cc(C(=O)C2C(=O)C(=O)N(c3ccc(-c4ccon4)cc3)C2C2CCCCC2)no1. The van der Waals surface area contributed by atoms with Crippen molar-refractivity contribution in [3.8, 4) is 11.3 Å². The Bertz CT molecular complexity index is 1140. The maximum Gasteiger partial charge on any atom is 0.295 e. The third-order valence-electron chi connectivity index (χ3n) is 6.53. The van der Waals surface area contributed by atoms with Gasteiger partial charge < -0.3 is 13.9 Å². The second kappa shape index (κ2) is 8.18. The minimum atomic E-state index is -1.08. The van der Waals surface area contributed by atoms with Gasteiger partial charge in [0.15, 0.2) is 11.5 Å². The van der Waals surface area contributed by atoms with Crippen LogP contribution in [0.3, 0.4) is 0 Å². The fraction of sp³-hybridized carbons (Fsp3) is 0.375. The van der Waals surface area contributed by atoms with Gasteiger partial charge in [0.25, 0.3) is 5.91 Å². The highest BCUT2D eigenvalue weighted by molar-refractivity contribution is 6.49. The van der Waals surface area contributed by atoms with Crippen LogP contribution in [0.1, 0.15) is 48.4 Å². The van der Waals surface area contributed by atoms with Crippen molar-refractivity contribution in [3.63, 3.8) is 0 Å². The summed E-state index contributed by atoms with van der Waals surface area (Å²) in [6, 6.07) is 9.98. The fourth-order valence-electron chi connectivity index (χ4n) is 5.01. The molecular weight excluding hydrogens is 410 g/mol. The molecule has 3 heterocycles. The summed E-state index contributed by atoms with van der Waals surface area (Å²) in [4.78, 5) is 41.1. The van der Waals surface area contributed by atoms with E-state index in [2.05, 4.69) is 10.3 Å². The van der Waals surface area contributed by atoms with Crippen LogP contribution in [0, 0.1) is 18.8 Å². The highest BCUT2D eigenvalue weighted by atomic mass is 16.5. The van der Waals surface area contributed by atoms with Crippen molar-refractivity contribution < 1.29 is 23.4 Å². The first-order chi connectivity index (χ1) is 15.5. The van der Waals surface area contributed by atoms with Gasteiger partial charge in [-0.25, -0.2) is 0 Å². The molecule has 0 N–H and O–H groups in total. The van der Waals surface area contributed by atoms with Crippen molar-refractivity contribution in [3.05, 3.63) is 54.1 Å². The van der Waals surface area contributed by atoms with Gasteiger partial charge in [-0.2, -0.15) is 0 Å². The summed E-state index contributed by atoms with van der Waals surface area (Å²) in [5.74, 6) is -2.29. The Labute approximate surface area is 184 Å². The van der Waals surface area contributed by atoms with E-state index in [4.69, 9.17) is 9.05 Å². The molecule has 32 heavy (non-hydrogen) atoms. The van der Waals surface area contributed by atoms with Gasteiger partial charge in [0, 0.05) is 23.4 Å². The van der Waals surface area contributed by atoms with Gasteiger partial charge in [-0.3, -0.25) is 14.4 Å². The number of hydrogen-bond acceptors (Lipinski definition) is 7. The molecule has 8 heteroatoms. The number of amides is 1. The molecule has 2 atom stereocenters. The first kappa shape index (κ1) is 20.4. The summed E-state index contributed by atoms with van der Waals surface area (Å²) in [6.45, 7) is 1.69. The van der Waals surface area contributed by atoms with Crippen molar-refractivity contribution >= 4 is 23.2 Å². The number of aromatic nitrogens is 2. The minimum Gasteiger partial charge on any atom is -0.364 e. The molecule has 1 saturated heterocycles. The number of anilines is 1. The molecule has 2 unspecified atom stereocenters. The third kappa shape index (κ3) is 3.45. The second-order valence-electron chi connectivity index (χ2n) is 8.52. The van der Waals surface area contributed by atoms with E-state index in [1.165, 1.54) is 17.2 Å². The molecule has 8 nitrogen and oxygen atoms in total. The number of aryl methyl sites for hydroxylation is 1. The molecule has 2 aromatic heterocycles. The van der Waals surface area contributed by atoms with Crippen LogP contribution in [0.5, 0.6) is 0 Å². The van der Waals surface area contributed by atoms with Gasteiger partial charge in [0.2, 0.25) is 5.78 Å². The van der Waals surface area contributed by atoms with Crippen molar-refractivity contribution in [1.82, 2.24) is 10.3 Å². The standard InChI is InChI=1S/C24H23N3O5/c1-14-13-19(26-32-14)22(28)20-21(16-5-3-2-4-6-16)27(24(30)23(20)29)17-9-7-15(8-10-17)18-11-12-31-25-18/h7-13,16,20-21H,2-6H2,1H3. The zero-order chi connectivity index (χ0) is 22.2. The number of benzene rings is 1. The van der Waals surface area contributed by atoms with E-state index in [0.29, 0.717) is 17.1 Å². The Morgan fingerprint density at radius 1 is 1.03 bits per heavy atom. The Morgan fingerprint density at radius 3 is 2.41 bits per heavy atom. The molecule has 1 aliphatic carbocycles. The van der Waals surface area contributed by atoms with Gasteiger partial charge in [-0.1, -0.05) is 41.7 Å². The summed E-state index contributed by atoms with van der Waals surface area (Å²) in [5, 5.41) is 7.74. The van der Waals surface area contributed by atoms with E-state index in [0.717, 1.165) is 37.7 Å². The zero-order valence-electron chi connectivity index (χ0n) is 17.7. The monoisotopic (exact) mass is 433 g/mol. The van der Waals surface area contributed by atoms with E-state index in [1.54, 1.807) is 25.1 Å². The van der Waals surface area contributed by atoms with Crippen molar-refractivity contribution in [2.24, 2.45) is 11.8 Å². The number of Topliss-reactive ketones (excluding diaryl/α,β-unsaturated/α-hetero) is 2. The third-order valence-corrected chi connectivity index (χ3v) is 6.53. The first-order valence-electron chi connectivity index (χ1n) is 10.9. The highest BCUT2D eigenvalue weighted by Crippen LogP contribution is 2.40. The maximum absolute atomic E-state index is 13.3. The molecule has 2 fully saturated rings. The number of carbonyl (C=O) groups is 3. The van der Waals surface area contributed by atoms with Gasteiger partial charge in [-0.05, 0) is 37.8 Å². The largest absolute Gasteiger partial charge is 0.364 e. The molecule has 0 spiro atoms. The second-order valence-corrected chi connectivity index (χ2v) is 8.52.